The predicted octanol–water partition coefficient (Wildman–Crippen LogP) is 1.04. The standard InChI is InChI=1S/C16H28N6/c1-3-4-7-18-16(17)20-13-14-5-6-15(19-12-14)22-10-8-21(2)9-11-22/h5-6,12H,3-4,7-11,13H2,1-2H3,(H3,17,18,20). The summed E-state index contributed by atoms with van der Waals surface area (Å²) in [6, 6.07) is 4.17. The van der Waals surface area contributed by atoms with E-state index in [-0.39, 0.29) is 0 Å². The van der Waals surface area contributed by atoms with Crippen LogP contribution in [0.1, 0.15) is 25.3 Å². The second-order valence-electron chi connectivity index (χ2n) is 5.80. The fourth-order valence-corrected chi connectivity index (χ4v) is 2.36. The number of aromatic nitrogens is 1. The van der Waals surface area contributed by atoms with Gasteiger partial charge >= 0.3 is 0 Å². The number of nitrogens with one attached hydrogen (secondary N) is 1. The molecule has 0 saturated carbocycles. The van der Waals surface area contributed by atoms with Crippen LogP contribution in [0.15, 0.2) is 23.3 Å². The molecule has 0 unspecified atom stereocenters. The summed E-state index contributed by atoms with van der Waals surface area (Å²) in [5.41, 5.74) is 6.91. The minimum atomic E-state index is 0.511. The summed E-state index contributed by atoms with van der Waals surface area (Å²) in [5.74, 6) is 1.56. The smallest absolute Gasteiger partial charge is 0.188 e. The minimum Gasteiger partial charge on any atom is -0.370 e. The first kappa shape index (κ1) is 16.5. The maximum atomic E-state index is 5.83. The first-order valence-corrected chi connectivity index (χ1v) is 8.11. The highest BCUT2D eigenvalue weighted by Gasteiger charge is 2.14. The van der Waals surface area contributed by atoms with Gasteiger partial charge in [0.15, 0.2) is 5.96 Å². The van der Waals surface area contributed by atoms with E-state index >= 15 is 0 Å². The van der Waals surface area contributed by atoms with Crippen molar-refractivity contribution in [2.45, 2.75) is 26.3 Å². The number of unbranched alkanes of at least 4 members (excludes halogenated alkanes) is 1. The number of aliphatic imine (C=N–C) groups is 1. The fraction of sp³-hybridized carbons (Fsp3) is 0.625. The average Bonchev–Trinajstić information content (AvgIpc) is 2.54. The molecule has 1 saturated heterocycles. The third kappa shape index (κ3) is 5.18. The van der Waals surface area contributed by atoms with Crippen molar-refractivity contribution in [3.63, 3.8) is 0 Å². The molecular formula is C16H28N6. The van der Waals surface area contributed by atoms with Crippen LogP contribution in [-0.2, 0) is 6.54 Å². The van der Waals surface area contributed by atoms with Crippen molar-refractivity contribution in [1.29, 1.82) is 0 Å². The monoisotopic (exact) mass is 304 g/mol. The molecule has 6 heteroatoms. The van der Waals surface area contributed by atoms with Gasteiger partial charge in [-0.05, 0) is 25.1 Å². The topological polar surface area (TPSA) is 69.8 Å². The van der Waals surface area contributed by atoms with Crippen LogP contribution in [0.3, 0.4) is 0 Å². The third-order valence-corrected chi connectivity index (χ3v) is 3.90. The zero-order chi connectivity index (χ0) is 15.8. The summed E-state index contributed by atoms with van der Waals surface area (Å²) in [7, 11) is 2.16. The second kappa shape index (κ2) is 8.58. The van der Waals surface area contributed by atoms with Gasteiger partial charge in [0.25, 0.3) is 0 Å². The highest BCUT2D eigenvalue weighted by atomic mass is 15.3. The molecule has 1 aliphatic rings. The predicted molar refractivity (Wildman–Crippen MR) is 92.2 cm³/mol. The summed E-state index contributed by atoms with van der Waals surface area (Å²) in [6.07, 6.45) is 4.16. The van der Waals surface area contributed by atoms with Gasteiger partial charge in [-0.3, -0.25) is 0 Å². The normalized spacial score (nSPS) is 16.8. The molecule has 1 fully saturated rings. The van der Waals surface area contributed by atoms with Crippen molar-refractivity contribution in [2.24, 2.45) is 10.7 Å². The lowest BCUT2D eigenvalue weighted by molar-refractivity contribution is 0.312. The van der Waals surface area contributed by atoms with Crippen molar-refractivity contribution >= 4 is 11.8 Å². The maximum Gasteiger partial charge on any atom is 0.188 e. The van der Waals surface area contributed by atoms with Crippen LogP contribution in [0, 0.1) is 0 Å². The number of hydrogen-bond donors (Lipinski definition) is 2. The number of pyridine rings is 1. The largest absolute Gasteiger partial charge is 0.370 e. The lowest BCUT2D eigenvalue weighted by atomic mass is 10.2. The Kier molecular flexibility index (Phi) is 6.45. The summed E-state index contributed by atoms with van der Waals surface area (Å²) < 4.78 is 0. The molecule has 0 aliphatic carbocycles. The molecule has 22 heavy (non-hydrogen) atoms. The summed E-state index contributed by atoms with van der Waals surface area (Å²) in [5, 5.41) is 3.12. The Morgan fingerprint density at radius 3 is 2.73 bits per heavy atom. The first-order valence-electron chi connectivity index (χ1n) is 8.11. The number of likely N-dealkylation sites (N-methyl/N-ethyl adjacent to an activating group) is 1. The Balaban J connectivity index is 1.82. The van der Waals surface area contributed by atoms with E-state index in [4.69, 9.17) is 5.73 Å². The molecule has 2 heterocycles. The molecule has 0 aromatic carbocycles. The number of nitrogens with zero attached hydrogens (tertiary/aromatic N) is 4. The molecule has 2 rings (SSSR count). The van der Waals surface area contributed by atoms with Gasteiger partial charge in [-0.2, -0.15) is 0 Å². The molecule has 0 amide bonds. The number of anilines is 1. The number of guanidine groups is 1. The van der Waals surface area contributed by atoms with Crippen LogP contribution in [-0.4, -0.2) is 55.6 Å². The van der Waals surface area contributed by atoms with Gasteiger partial charge in [0, 0.05) is 38.9 Å². The van der Waals surface area contributed by atoms with Crippen LogP contribution in [0.5, 0.6) is 0 Å². The Morgan fingerprint density at radius 1 is 1.32 bits per heavy atom. The number of piperazine rings is 1. The van der Waals surface area contributed by atoms with Gasteiger partial charge in [-0.1, -0.05) is 19.4 Å². The molecule has 0 atom stereocenters. The van der Waals surface area contributed by atoms with Gasteiger partial charge < -0.3 is 20.9 Å². The van der Waals surface area contributed by atoms with Crippen molar-refractivity contribution in [2.75, 3.05) is 44.7 Å². The van der Waals surface area contributed by atoms with Gasteiger partial charge in [-0.15, -0.1) is 0 Å². The van der Waals surface area contributed by atoms with E-state index in [1.54, 1.807) is 0 Å². The highest BCUT2D eigenvalue weighted by molar-refractivity contribution is 5.77. The van der Waals surface area contributed by atoms with Crippen LogP contribution in [0.25, 0.3) is 0 Å². The zero-order valence-electron chi connectivity index (χ0n) is 13.8. The van der Waals surface area contributed by atoms with Gasteiger partial charge in [-0.25, -0.2) is 9.98 Å². The number of hydrogen-bond acceptors (Lipinski definition) is 4. The molecule has 3 N–H and O–H groups in total. The van der Waals surface area contributed by atoms with Crippen molar-refractivity contribution in [3.8, 4) is 0 Å². The lowest BCUT2D eigenvalue weighted by Crippen LogP contribution is -2.44. The van der Waals surface area contributed by atoms with E-state index < -0.39 is 0 Å². The molecule has 0 bridgehead atoms. The molecule has 0 radical (unpaired) electrons. The Bertz CT molecular complexity index is 462. The maximum absolute atomic E-state index is 5.83. The van der Waals surface area contributed by atoms with Crippen molar-refractivity contribution in [1.82, 2.24) is 15.2 Å². The molecule has 1 aromatic heterocycles. The van der Waals surface area contributed by atoms with E-state index in [1.807, 2.05) is 6.20 Å². The summed E-state index contributed by atoms with van der Waals surface area (Å²) in [6.45, 7) is 7.86. The van der Waals surface area contributed by atoms with Gasteiger partial charge in [0.05, 0.1) is 6.54 Å². The van der Waals surface area contributed by atoms with Crippen LogP contribution < -0.4 is 16.0 Å². The van der Waals surface area contributed by atoms with E-state index in [0.29, 0.717) is 12.5 Å². The van der Waals surface area contributed by atoms with Crippen LogP contribution in [0.4, 0.5) is 5.82 Å². The summed E-state index contributed by atoms with van der Waals surface area (Å²) in [4.78, 5) is 13.6. The van der Waals surface area contributed by atoms with Crippen molar-refractivity contribution in [3.05, 3.63) is 23.9 Å². The lowest BCUT2D eigenvalue weighted by Gasteiger charge is -2.33. The van der Waals surface area contributed by atoms with E-state index in [2.05, 4.69) is 51.2 Å². The van der Waals surface area contributed by atoms with E-state index in [9.17, 15) is 0 Å². The fourth-order valence-electron chi connectivity index (χ4n) is 2.36. The summed E-state index contributed by atoms with van der Waals surface area (Å²) >= 11 is 0. The number of nitrogens with two attached hydrogens (primary N) is 1. The molecule has 1 aliphatic heterocycles. The van der Waals surface area contributed by atoms with Crippen LogP contribution in [0.2, 0.25) is 0 Å². The zero-order valence-corrected chi connectivity index (χ0v) is 13.8. The van der Waals surface area contributed by atoms with Crippen molar-refractivity contribution < 1.29 is 0 Å². The quantitative estimate of drug-likeness (QED) is 0.467. The van der Waals surface area contributed by atoms with E-state index in [0.717, 1.165) is 56.9 Å². The Labute approximate surface area is 133 Å². The minimum absolute atomic E-state index is 0.511. The van der Waals surface area contributed by atoms with Gasteiger partial charge in [0.1, 0.15) is 5.82 Å². The van der Waals surface area contributed by atoms with Gasteiger partial charge in [0.2, 0.25) is 0 Å². The molecular weight excluding hydrogens is 276 g/mol. The number of rotatable bonds is 6. The average molecular weight is 304 g/mol. The van der Waals surface area contributed by atoms with Crippen LogP contribution >= 0.6 is 0 Å². The molecule has 122 valence electrons. The second-order valence-corrected chi connectivity index (χ2v) is 5.80. The van der Waals surface area contributed by atoms with E-state index in [1.165, 1.54) is 0 Å². The highest BCUT2D eigenvalue weighted by Crippen LogP contribution is 2.13. The molecule has 1 aromatic rings. The SMILES string of the molecule is CCCCNC(N)=NCc1ccc(N2CCN(C)CC2)nc1. The first-order chi connectivity index (χ1) is 10.7. The Hall–Kier alpha value is -1.82. The molecule has 6 nitrogen and oxygen atoms in total. The third-order valence-electron chi connectivity index (χ3n) is 3.90. The molecule has 0 spiro atoms. The Morgan fingerprint density at radius 2 is 2.09 bits per heavy atom.